The summed E-state index contributed by atoms with van der Waals surface area (Å²) in [6.45, 7) is 0.0896. The van der Waals surface area contributed by atoms with Crippen LogP contribution in [0.1, 0.15) is 11.3 Å². The molecule has 0 aliphatic rings. The van der Waals surface area contributed by atoms with Gasteiger partial charge in [-0.05, 0) is 23.8 Å². The minimum atomic E-state index is -3.69. The first-order chi connectivity index (χ1) is 12.9. The smallest absolute Gasteiger partial charge is 0.328 e. The van der Waals surface area contributed by atoms with Crippen LogP contribution >= 0.6 is 11.3 Å². The Morgan fingerprint density at radius 1 is 1.11 bits per heavy atom. The van der Waals surface area contributed by atoms with Gasteiger partial charge in [0.05, 0.1) is 17.1 Å². The third kappa shape index (κ3) is 5.10. The number of thiazole rings is 1. The molecule has 0 saturated heterocycles. The number of carboxylic acid groups (broad SMARTS) is 1. The van der Waals surface area contributed by atoms with Gasteiger partial charge in [-0.1, -0.05) is 42.5 Å². The second kappa shape index (κ2) is 8.26. The van der Waals surface area contributed by atoms with E-state index < -0.39 is 16.0 Å². The Labute approximate surface area is 160 Å². The molecule has 0 spiro atoms. The number of benzene rings is 2. The second-order valence-corrected chi connectivity index (χ2v) is 8.20. The lowest BCUT2D eigenvalue weighted by Gasteiger charge is -2.05. The van der Waals surface area contributed by atoms with Crippen LogP contribution in [-0.4, -0.2) is 24.5 Å². The molecule has 6 nitrogen and oxygen atoms in total. The molecule has 138 valence electrons. The van der Waals surface area contributed by atoms with Gasteiger partial charge in [0.2, 0.25) is 10.0 Å². The molecular weight excluding hydrogens is 384 g/mol. The molecule has 27 heavy (non-hydrogen) atoms. The number of aromatic nitrogens is 1. The van der Waals surface area contributed by atoms with Crippen molar-refractivity contribution in [3.63, 3.8) is 0 Å². The number of aliphatic carboxylic acids is 1. The van der Waals surface area contributed by atoms with Crippen molar-refractivity contribution in [2.45, 2.75) is 11.4 Å². The Kier molecular flexibility index (Phi) is 5.80. The van der Waals surface area contributed by atoms with Crippen molar-refractivity contribution in [3.05, 3.63) is 77.3 Å². The number of nitrogens with zero attached hydrogens (tertiary/aromatic N) is 1. The molecule has 0 bridgehead atoms. The third-order valence-corrected chi connectivity index (χ3v) is 5.98. The van der Waals surface area contributed by atoms with Gasteiger partial charge in [-0.15, -0.1) is 11.3 Å². The maximum Gasteiger partial charge on any atom is 0.328 e. The van der Waals surface area contributed by atoms with Gasteiger partial charge in [0.15, 0.2) is 0 Å². The highest BCUT2D eigenvalue weighted by Gasteiger charge is 2.14. The molecule has 0 radical (unpaired) electrons. The maximum atomic E-state index is 12.4. The summed E-state index contributed by atoms with van der Waals surface area (Å²) in [5.41, 5.74) is 2.23. The molecule has 3 aromatic rings. The molecule has 0 atom stereocenters. The Morgan fingerprint density at radius 3 is 2.48 bits per heavy atom. The Bertz CT molecular complexity index is 1060. The molecule has 3 rings (SSSR count). The monoisotopic (exact) mass is 400 g/mol. The first-order valence-electron chi connectivity index (χ1n) is 7.94. The van der Waals surface area contributed by atoms with Crippen LogP contribution < -0.4 is 4.72 Å². The van der Waals surface area contributed by atoms with Crippen molar-refractivity contribution in [2.24, 2.45) is 0 Å². The first kappa shape index (κ1) is 19.0. The average Bonchev–Trinajstić information content (AvgIpc) is 3.15. The number of hydrogen-bond donors (Lipinski definition) is 2. The number of rotatable bonds is 7. The molecule has 0 unspecified atom stereocenters. The van der Waals surface area contributed by atoms with Crippen LogP contribution in [0.25, 0.3) is 16.6 Å². The van der Waals surface area contributed by atoms with Crippen molar-refractivity contribution in [2.75, 3.05) is 0 Å². The average molecular weight is 400 g/mol. The lowest BCUT2D eigenvalue weighted by Crippen LogP contribution is -2.23. The fraction of sp³-hybridized carbons (Fsp3) is 0.0526. The third-order valence-electron chi connectivity index (χ3n) is 3.62. The summed E-state index contributed by atoms with van der Waals surface area (Å²) < 4.78 is 27.4. The van der Waals surface area contributed by atoms with E-state index in [1.165, 1.54) is 29.5 Å². The molecule has 8 heteroatoms. The van der Waals surface area contributed by atoms with Gasteiger partial charge in [-0.3, -0.25) is 0 Å². The van der Waals surface area contributed by atoms with Crippen LogP contribution in [0, 0.1) is 0 Å². The number of carboxylic acids is 1. The summed E-state index contributed by atoms with van der Waals surface area (Å²) in [6, 6.07) is 15.6. The highest BCUT2D eigenvalue weighted by molar-refractivity contribution is 7.89. The van der Waals surface area contributed by atoms with Gasteiger partial charge in [-0.2, -0.15) is 0 Å². The zero-order valence-electron chi connectivity index (χ0n) is 14.1. The van der Waals surface area contributed by atoms with E-state index in [1.807, 2.05) is 35.7 Å². The number of carbonyl (C=O) groups is 1. The van der Waals surface area contributed by atoms with Crippen molar-refractivity contribution < 1.29 is 18.3 Å². The number of nitrogens with one attached hydrogen (secondary N) is 1. The number of sulfonamides is 1. The molecule has 0 aliphatic heterocycles. The first-order valence-corrected chi connectivity index (χ1v) is 10.3. The minimum absolute atomic E-state index is 0.0896. The second-order valence-electron chi connectivity index (χ2n) is 5.58. The lowest BCUT2D eigenvalue weighted by atomic mass is 10.2. The summed E-state index contributed by atoms with van der Waals surface area (Å²) in [5, 5.41) is 11.3. The van der Waals surface area contributed by atoms with E-state index in [4.69, 9.17) is 5.11 Å². The quantitative estimate of drug-likeness (QED) is 0.593. The van der Waals surface area contributed by atoms with Crippen molar-refractivity contribution in [1.29, 1.82) is 0 Å². The van der Waals surface area contributed by atoms with E-state index in [0.29, 0.717) is 11.3 Å². The van der Waals surface area contributed by atoms with Crippen LogP contribution in [-0.2, 0) is 21.4 Å². The summed E-state index contributed by atoms with van der Waals surface area (Å²) in [5.74, 6) is -1.06. The van der Waals surface area contributed by atoms with E-state index in [-0.39, 0.29) is 11.4 Å². The summed E-state index contributed by atoms with van der Waals surface area (Å²) in [6.07, 6.45) is 2.39. The molecule has 1 aromatic heterocycles. The molecule has 2 aromatic carbocycles. The van der Waals surface area contributed by atoms with Crippen molar-refractivity contribution in [3.8, 4) is 10.6 Å². The molecular formula is C19H16N2O4S2. The Balaban J connectivity index is 1.67. The maximum absolute atomic E-state index is 12.4. The van der Waals surface area contributed by atoms with Crippen LogP contribution in [0.15, 0.2) is 70.9 Å². The molecule has 0 aliphatic carbocycles. The van der Waals surface area contributed by atoms with Gasteiger partial charge < -0.3 is 5.11 Å². The van der Waals surface area contributed by atoms with Gasteiger partial charge in [0, 0.05) is 17.0 Å². The standard InChI is InChI=1S/C19H16N2O4S2/c22-18(23)11-8-14-6-9-17(10-7-14)27(24,25)20-12-16-13-26-19(21-16)15-4-2-1-3-5-15/h1-11,13,20H,12H2,(H,22,23)/b11-8+. The van der Waals surface area contributed by atoms with E-state index in [2.05, 4.69) is 9.71 Å². The van der Waals surface area contributed by atoms with Gasteiger partial charge in [-0.25, -0.2) is 22.9 Å². The molecule has 2 N–H and O–H groups in total. The predicted molar refractivity (Wildman–Crippen MR) is 105 cm³/mol. The lowest BCUT2D eigenvalue weighted by molar-refractivity contribution is -0.131. The van der Waals surface area contributed by atoms with Crippen molar-refractivity contribution in [1.82, 2.24) is 9.71 Å². The SMILES string of the molecule is O=C(O)/C=C/c1ccc(S(=O)(=O)NCc2csc(-c3ccccc3)n2)cc1. The Hall–Kier alpha value is -2.81. The molecule has 0 saturated carbocycles. The van der Waals surface area contributed by atoms with E-state index in [0.717, 1.165) is 16.6 Å². The van der Waals surface area contributed by atoms with Gasteiger partial charge >= 0.3 is 5.97 Å². The van der Waals surface area contributed by atoms with E-state index in [1.54, 1.807) is 12.1 Å². The van der Waals surface area contributed by atoms with E-state index >= 15 is 0 Å². The van der Waals surface area contributed by atoms with Crippen LogP contribution in [0.3, 0.4) is 0 Å². The summed E-state index contributed by atoms with van der Waals surface area (Å²) in [7, 11) is -3.69. The zero-order chi connectivity index (χ0) is 19.3. The van der Waals surface area contributed by atoms with Crippen LogP contribution in [0.4, 0.5) is 0 Å². The fourth-order valence-corrected chi connectivity index (χ4v) is 4.10. The van der Waals surface area contributed by atoms with Gasteiger partial charge in [0.1, 0.15) is 5.01 Å². The summed E-state index contributed by atoms with van der Waals surface area (Å²) in [4.78, 5) is 15.1. The summed E-state index contributed by atoms with van der Waals surface area (Å²) >= 11 is 1.46. The normalized spacial score (nSPS) is 11.7. The molecule has 0 amide bonds. The van der Waals surface area contributed by atoms with Crippen LogP contribution in [0.5, 0.6) is 0 Å². The minimum Gasteiger partial charge on any atom is -0.478 e. The van der Waals surface area contributed by atoms with E-state index in [9.17, 15) is 13.2 Å². The predicted octanol–water partition coefficient (Wildman–Crippen LogP) is 3.39. The largest absolute Gasteiger partial charge is 0.478 e. The molecule has 0 fully saturated rings. The number of hydrogen-bond acceptors (Lipinski definition) is 5. The highest BCUT2D eigenvalue weighted by Crippen LogP contribution is 2.23. The van der Waals surface area contributed by atoms with Crippen LogP contribution in [0.2, 0.25) is 0 Å². The molecule has 1 heterocycles. The Morgan fingerprint density at radius 2 is 1.81 bits per heavy atom. The highest BCUT2D eigenvalue weighted by atomic mass is 32.2. The van der Waals surface area contributed by atoms with Crippen molar-refractivity contribution >= 4 is 33.4 Å². The van der Waals surface area contributed by atoms with Gasteiger partial charge in [0.25, 0.3) is 0 Å². The fourth-order valence-electron chi connectivity index (χ4n) is 2.28. The topological polar surface area (TPSA) is 96.4 Å². The zero-order valence-corrected chi connectivity index (χ0v) is 15.7.